The number of hydrogen-bond donors (Lipinski definition) is 2. The van der Waals surface area contributed by atoms with Crippen LogP contribution in [0.1, 0.15) is 18.4 Å². The van der Waals surface area contributed by atoms with Crippen LogP contribution in [0, 0.1) is 0 Å². The van der Waals surface area contributed by atoms with Crippen LogP contribution in [0.2, 0.25) is 0 Å². The second-order valence-corrected chi connectivity index (χ2v) is 5.22. The molecule has 1 aliphatic rings. The summed E-state index contributed by atoms with van der Waals surface area (Å²) in [4.78, 5) is 4.13. The van der Waals surface area contributed by atoms with Crippen LogP contribution in [-0.2, 0) is 6.54 Å². The highest BCUT2D eigenvalue weighted by Crippen LogP contribution is 2.22. The number of rotatable bonds is 5. The lowest BCUT2D eigenvalue weighted by molar-refractivity contribution is -0.153. The van der Waals surface area contributed by atoms with Gasteiger partial charge in [0.05, 0.1) is 0 Å². The van der Waals surface area contributed by atoms with Gasteiger partial charge in [0, 0.05) is 25.2 Å². The molecule has 0 unspecified atom stereocenters. The van der Waals surface area contributed by atoms with Crippen molar-refractivity contribution in [2.75, 3.05) is 13.7 Å². The number of guanidine groups is 1. The van der Waals surface area contributed by atoms with E-state index in [4.69, 9.17) is 4.74 Å². The Morgan fingerprint density at radius 1 is 1.26 bits per heavy atom. The molecule has 7 heteroatoms. The molecule has 2 rings (SSSR count). The number of halogens is 3. The van der Waals surface area contributed by atoms with Crippen LogP contribution in [0.3, 0.4) is 0 Å². The Bertz CT molecular complexity index is 562. The van der Waals surface area contributed by atoms with Crippen LogP contribution < -0.4 is 15.4 Å². The summed E-state index contributed by atoms with van der Waals surface area (Å²) in [6, 6.07) is 6.96. The molecule has 23 heavy (non-hydrogen) atoms. The molecule has 0 radical (unpaired) electrons. The monoisotopic (exact) mass is 327 g/mol. The van der Waals surface area contributed by atoms with Crippen molar-refractivity contribution in [1.82, 2.24) is 10.6 Å². The van der Waals surface area contributed by atoms with Crippen molar-refractivity contribution in [2.45, 2.75) is 31.6 Å². The maximum atomic E-state index is 12.3. The van der Waals surface area contributed by atoms with Gasteiger partial charge in [0.1, 0.15) is 5.75 Å². The Morgan fingerprint density at radius 3 is 2.61 bits per heavy atom. The molecular formula is C16H20F3N3O. The Labute approximate surface area is 133 Å². The maximum Gasteiger partial charge on any atom is 0.422 e. The number of alkyl halides is 3. The summed E-state index contributed by atoms with van der Waals surface area (Å²) in [6.45, 7) is -0.974. The summed E-state index contributed by atoms with van der Waals surface area (Å²) < 4.78 is 41.7. The van der Waals surface area contributed by atoms with Gasteiger partial charge in [0.25, 0.3) is 0 Å². The lowest BCUT2D eigenvalue weighted by Crippen LogP contribution is -2.42. The van der Waals surface area contributed by atoms with Gasteiger partial charge in [0.2, 0.25) is 0 Å². The van der Waals surface area contributed by atoms with Crippen LogP contribution in [0.15, 0.2) is 41.4 Å². The van der Waals surface area contributed by atoms with E-state index in [-0.39, 0.29) is 5.75 Å². The minimum absolute atomic E-state index is 0.218. The fourth-order valence-electron chi connectivity index (χ4n) is 2.25. The molecule has 0 fully saturated rings. The van der Waals surface area contributed by atoms with Gasteiger partial charge in [0.15, 0.2) is 12.6 Å². The van der Waals surface area contributed by atoms with Crippen molar-refractivity contribution < 1.29 is 17.9 Å². The fourth-order valence-corrected chi connectivity index (χ4v) is 2.25. The van der Waals surface area contributed by atoms with E-state index in [2.05, 4.69) is 27.8 Å². The molecule has 0 spiro atoms. The van der Waals surface area contributed by atoms with Crippen LogP contribution in [0.5, 0.6) is 5.75 Å². The highest BCUT2D eigenvalue weighted by Gasteiger charge is 2.28. The Balaban J connectivity index is 1.91. The molecule has 4 nitrogen and oxygen atoms in total. The summed E-state index contributed by atoms with van der Waals surface area (Å²) in [7, 11) is 1.66. The average Bonchev–Trinajstić information content (AvgIpc) is 3.02. The summed E-state index contributed by atoms with van der Waals surface area (Å²) in [6.07, 6.45) is 1.72. The molecule has 126 valence electrons. The molecule has 0 saturated heterocycles. The van der Waals surface area contributed by atoms with Gasteiger partial charge in [-0.1, -0.05) is 30.4 Å². The summed E-state index contributed by atoms with van der Waals surface area (Å²) in [5.74, 6) is 0.833. The van der Waals surface area contributed by atoms with Crippen molar-refractivity contribution in [2.24, 2.45) is 4.99 Å². The summed E-state index contributed by atoms with van der Waals surface area (Å²) in [5, 5.41) is 6.37. The number of nitrogens with one attached hydrogen (secondary N) is 2. The Morgan fingerprint density at radius 2 is 1.96 bits per heavy atom. The standard InChI is InChI=1S/C16H20F3N3O/c1-20-15(22-13-7-3-4-8-13)21-10-12-6-2-5-9-14(12)23-11-16(17,18)19/h2-6,9,13H,7-8,10-11H2,1H3,(H2,20,21,22). The SMILES string of the molecule is CN=C(NCc1ccccc1OCC(F)(F)F)NC1CC=CC1. The molecule has 1 aliphatic carbocycles. The zero-order valence-corrected chi connectivity index (χ0v) is 12.9. The topological polar surface area (TPSA) is 45.7 Å². The predicted molar refractivity (Wildman–Crippen MR) is 83.5 cm³/mol. The second-order valence-electron chi connectivity index (χ2n) is 5.22. The van der Waals surface area contributed by atoms with Gasteiger partial charge < -0.3 is 15.4 Å². The fraction of sp³-hybridized carbons (Fsp3) is 0.438. The van der Waals surface area contributed by atoms with E-state index in [1.807, 2.05) is 0 Å². The molecule has 1 aromatic carbocycles. The first-order chi connectivity index (χ1) is 11.0. The van der Waals surface area contributed by atoms with Crippen LogP contribution in [-0.4, -0.2) is 31.8 Å². The number of hydrogen-bond acceptors (Lipinski definition) is 2. The zero-order chi connectivity index (χ0) is 16.7. The highest BCUT2D eigenvalue weighted by atomic mass is 19.4. The number of nitrogens with zero attached hydrogens (tertiary/aromatic N) is 1. The second kappa shape index (κ2) is 7.89. The maximum absolute atomic E-state index is 12.3. The average molecular weight is 327 g/mol. The van der Waals surface area contributed by atoms with Gasteiger partial charge >= 0.3 is 6.18 Å². The third kappa shape index (κ3) is 5.84. The van der Waals surface area contributed by atoms with E-state index < -0.39 is 12.8 Å². The smallest absolute Gasteiger partial charge is 0.422 e. The first kappa shape index (κ1) is 17.2. The Kier molecular flexibility index (Phi) is 5.90. The minimum Gasteiger partial charge on any atom is -0.484 e. The largest absolute Gasteiger partial charge is 0.484 e. The zero-order valence-electron chi connectivity index (χ0n) is 12.9. The van der Waals surface area contributed by atoms with E-state index in [1.165, 1.54) is 6.07 Å². The van der Waals surface area contributed by atoms with Gasteiger partial charge in [-0.05, 0) is 18.9 Å². The van der Waals surface area contributed by atoms with E-state index >= 15 is 0 Å². The molecule has 0 heterocycles. The molecule has 0 amide bonds. The molecular weight excluding hydrogens is 307 g/mol. The molecule has 0 atom stereocenters. The third-order valence-corrected chi connectivity index (χ3v) is 3.38. The molecule has 0 bridgehead atoms. The van der Waals surface area contributed by atoms with E-state index in [0.717, 1.165) is 12.8 Å². The molecule has 0 aromatic heterocycles. The quantitative estimate of drug-likeness (QED) is 0.496. The highest BCUT2D eigenvalue weighted by molar-refractivity contribution is 5.80. The minimum atomic E-state index is -4.35. The van der Waals surface area contributed by atoms with Crippen molar-refractivity contribution in [3.8, 4) is 5.75 Å². The van der Waals surface area contributed by atoms with Crippen LogP contribution >= 0.6 is 0 Å². The predicted octanol–water partition coefficient (Wildman–Crippen LogP) is 3.01. The van der Waals surface area contributed by atoms with Crippen LogP contribution in [0.25, 0.3) is 0 Å². The summed E-state index contributed by atoms with van der Waals surface area (Å²) in [5.41, 5.74) is 0.643. The van der Waals surface area contributed by atoms with Crippen LogP contribution in [0.4, 0.5) is 13.2 Å². The normalized spacial score (nSPS) is 15.7. The van der Waals surface area contributed by atoms with E-state index in [1.54, 1.807) is 25.2 Å². The first-order valence-electron chi connectivity index (χ1n) is 7.37. The number of para-hydroxylation sites is 1. The Hall–Kier alpha value is -2.18. The van der Waals surface area contributed by atoms with Crippen molar-refractivity contribution in [3.63, 3.8) is 0 Å². The van der Waals surface area contributed by atoms with E-state index in [9.17, 15) is 13.2 Å². The summed E-state index contributed by atoms with van der Waals surface area (Å²) >= 11 is 0. The number of ether oxygens (including phenoxy) is 1. The van der Waals surface area contributed by atoms with E-state index in [0.29, 0.717) is 24.1 Å². The number of aliphatic imine (C=N–C) groups is 1. The van der Waals surface area contributed by atoms with Crippen molar-refractivity contribution in [1.29, 1.82) is 0 Å². The molecule has 1 aromatic rings. The van der Waals surface area contributed by atoms with Gasteiger partial charge in [-0.2, -0.15) is 13.2 Å². The lowest BCUT2D eigenvalue weighted by Gasteiger charge is -2.18. The van der Waals surface area contributed by atoms with Gasteiger partial charge in [-0.25, -0.2) is 0 Å². The third-order valence-electron chi connectivity index (χ3n) is 3.38. The van der Waals surface area contributed by atoms with Crippen molar-refractivity contribution >= 4 is 5.96 Å². The lowest BCUT2D eigenvalue weighted by atomic mass is 10.2. The first-order valence-corrected chi connectivity index (χ1v) is 7.37. The number of benzene rings is 1. The molecule has 0 saturated carbocycles. The van der Waals surface area contributed by atoms with Crippen molar-refractivity contribution in [3.05, 3.63) is 42.0 Å². The molecule has 0 aliphatic heterocycles. The molecule has 2 N–H and O–H groups in total. The van der Waals surface area contributed by atoms with Gasteiger partial charge in [-0.3, -0.25) is 4.99 Å². The van der Waals surface area contributed by atoms with Gasteiger partial charge in [-0.15, -0.1) is 0 Å².